The van der Waals surface area contributed by atoms with Gasteiger partial charge in [0.05, 0.1) is 6.54 Å². The van der Waals surface area contributed by atoms with Crippen molar-refractivity contribution < 1.29 is 14.3 Å². The van der Waals surface area contributed by atoms with Gasteiger partial charge in [-0.05, 0) is 55.4 Å². The Hall–Kier alpha value is -1.30. The molecule has 0 aliphatic carbocycles. The van der Waals surface area contributed by atoms with Crippen LogP contribution in [0.5, 0.6) is 0 Å². The van der Waals surface area contributed by atoms with E-state index in [-0.39, 0.29) is 24.1 Å². The molecule has 23 heavy (non-hydrogen) atoms. The highest BCUT2D eigenvalue weighted by atomic mass is 16.6. The number of carbonyl (C=O) groups is 2. The van der Waals surface area contributed by atoms with Crippen LogP contribution in [0.2, 0.25) is 0 Å². The lowest BCUT2D eigenvalue weighted by Crippen LogP contribution is -2.50. The summed E-state index contributed by atoms with van der Waals surface area (Å²) in [6, 6.07) is 0. The van der Waals surface area contributed by atoms with E-state index < -0.39 is 5.60 Å². The average Bonchev–Trinajstić information content (AvgIpc) is 2.36. The highest BCUT2D eigenvalue weighted by molar-refractivity contribution is 5.78. The van der Waals surface area contributed by atoms with Crippen LogP contribution >= 0.6 is 0 Å². The van der Waals surface area contributed by atoms with Gasteiger partial charge in [0.25, 0.3) is 0 Å². The summed E-state index contributed by atoms with van der Waals surface area (Å²) in [6.07, 6.45) is -0.332. The first kappa shape index (κ1) is 21.7. The first-order chi connectivity index (χ1) is 10.4. The predicted molar refractivity (Wildman–Crippen MR) is 93.5 cm³/mol. The minimum Gasteiger partial charge on any atom is -0.444 e. The molecule has 0 saturated heterocycles. The summed E-state index contributed by atoms with van der Waals surface area (Å²) in [6.45, 7) is 18.1. The van der Waals surface area contributed by atoms with Crippen molar-refractivity contribution >= 4 is 12.0 Å². The van der Waals surface area contributed by atoms with Crippen molar-refractivity contribution in [1.29, 1.82) is 0 Å². The van der Waals surface area contributed by atoms with Gasteiger partial charge in [0.15, 0.2) is 0 Å². The first-order valence-electron chi connectivity index (χ1n) is 8.41. The van der Waals surface area contributed by atoms with Gasteiger partial charge in [0.2, 0.25) is 5.91 Å². The van der Waals surface area contributed by atoms with E-state index in [4.69, 9.17) is 4.74 Å². The van der Waals surface area contributed by atoms with Crippen molar-refractivity contribution in [2.24, 2.45) is 0 Å². The minimum atomic E-state index is -0.521. The zero-order chi connectivity index (χ0) is 18.3. The van der Waals surface area contributed by atoms with E-state index in [0.717, 1.165) is 0 Å². The molecule has 0 aromatic rings. The van der Waals surface area contributed by atoms with E-state index in [9.17, 15) is 9.59 Å². The van der Waals surface area contributed by atoms with Crippen LogP contribution in [-0.4, -0.2) is 65.7 Å². The molecule has 0 heterocycles. The predicted octanol–water partition coefficient (Wildman–Crippen LogP) is 2.48. The second kappa shape index (κ2) is 9.11. The van der Waals surface area contributed by atoms with Crippen molar-refractivity contribution in [1.82, 2.24) is 15.1 Å². The molecule has 136 valence electrons. The minimum absolute atomic E-state index is 0.0783. The Morgan fingerprint density at radius 3 is 1.91 bits per heavy atom. The quantitative estimate of drug-likeness (QED) is 0.729. The standard InChI is InChI=1S/C17H35N3O3/c1-9-19(10-2)14(21)13-18-11-12-20(16(3,4)5)15(22)23-17(6,7)8/h18H,9-13H2,1-8H3. The van der Waals surface area contributed by atoms with Gasteiger partial charge >= 0.3 is 6.09 Å². The summed E-state index contributed by atoms with van der Waals surface area (Å²) in [5.74, 6) is 0.0783. The average molecular weight is 329 g/mol. The second-order valence-electron chi connectivity index (χ2n) is 7.55. The fourth-order valence-corrected chi connectivity index (χ4v) is 2.09. The van der Waals surface area contributed by atoms with Crippen molar-refractivity contribution in [3.63, 3.8) is 0 Å². The first-order valence-corrected chi connectivity index (χ1v) is 8.41. The van der Waals surface area contributed by atoms with E-state index in [1.165, 1.54) is 0 Å². The molecule has 0 unspecified atom stereocenters. The van der Waals surface area contributed by atoms with Gasteiger partial charge < -0.3 is 19.9 Å². The van der Waals surface area contributed by atoms with Crippen molar-refractivity contribution in [3.05, 3.63) is 0 Å². The largest absolute Gasteiger partial charge is 0.444 e. The molecular formula is C17H35N3O3. The van der Waals surface area contributed by atoms with Crippen LogP contribution in [-0.2, 0) is 9.53 Å². The highest BCUT2D eigenvalue weighted by Gasteiger charge is 2.30. The van der Waals surface area contributed by atoms with Crippen LogP contribution < -0.4 is 5.32 Å². The number of ether oxygens (including phenoxy) is 1. The maximum absolute atomic E-state index is 12.3. The van der Waals surface area contributed by atoms with Gasteiger partial charge in [0, 0.05) is 31.7 Å². The molecule has 0 aromatic carbocycles. The summed E-state index contributed by atoms with van der Waals surface area (Å²) in [5, 5.41) is 3.11. The van der Waals surface area contributed by atoms with Crippen molar-refractivity contribution in [2.75, 3.05) is 32.7 Å². The Kier molecular flexibility index (Phi) is 8.59. The molecule has 0 aliphatic rings. The smallest absolute Gasteiger partial charge is 0.410 e. The zero-order valence-corrected chi connectivity index (χ0v) is 16.2. The Morgan fingerprint density at radius 1 is 1.00 bits per heavy atom. The maximum Gasteiger partial charge on any atom is 0.410 e. The number of nitrogens with zero attached hydrogens (tertiary/aromatic N) is 2. The molecule has 0 aliphatic heterocycles. The summed E-state index contributed by atoms with van der Waals surface area (Å²) in [5.41, 5.74) is -0.861. The van der Waals surface area contributed by atoms with Crippen LogP contribution in [0.15, 0.2) is 0 Å². The van der Waals surface area contributed by atoms with Crippen molar-refractivity contribution in [3.8, 4) is 0 Å². The number of nitrogens with one attached hydrogen (secondary N) is 1. The summed E-state index contributed by atoms with van der Waals surface area (Å²) < 4.78 is 5.46. The monoisotopic (exact) mass is 329 g/mol. The maximum atomic E-state index is 12.3. The molecule has 0 rings (SSSR count). The molecule has 2 amide bonds. The number of rotatable bonds is 7. The Balaban J connectivity index is 4.49. The van der Waals surface area contributed by atoms with Crippen LogP contribution in [0.1, 0.15) is 55.4 Å². The van der Waals surface area contributed by atoms with Gasteiger partial charge in [0.1, 0.15) is 5.60 Å². The molecule has 0 aromatic heterocycles. The van der Waals surface area contributed by atoms with Gasteiger partial charge in [-0.1, -0.05) is 0 Å². The normalized spacial score (nSPS) is 12.0. The van der Waals surface area contributed by atoms with Gasteiger partial charge in [-0.15, -0.1) is 0 Å². The molecule has 0 fully saturated rings. The van der Waals surface area contributed by atoms with Crippen LogP contribution in [0, 0.1) is 0 Å². The molecular weight excluding hydrogens is 294 g/mol. The summed E-state index contributed by atoms with van der Waals surface area (Å²) in [4.78, 5) is 27.7. The van der Waals surface area contributed by atoms with E-state index in [1.54, 1.807) is 9.80 Å². The Morgan fingerprint density at radius 2 is 1.52 bits per heavy atom. The Bertz CT molecular complexity index is 380. The van der Waals surface area contributed by atoms with E-state index in [1.807, 2.05) is 55.4 Å². The second-order valence-corrected chi connectivity index (χ2v) is 7.55. The molecule has 0 bridgehead atoms. The van der Waals surface area contributed by atoms with Gasteiger partial charge in [-0.2, -0.15) is 0 Å². The van der Waals surface area contributed by atoms with E-state index >= 15 is 0 Å². The van der Waals surface area contributed by atoms with Crippen LogP contribution in [0.25, 0.3) is 0 Å². The van der Waals surface area contributed by atoms with Crippen LogP contribution in [0.3, 0.4) is 0 Å². The molecule has 0 spiro atoms. The topological polar surface area (TPSA) is 61.9 Å². The number of carbonyl (C=O) groups excluding carboxylic acids is 2. The number of hydrogen-bond acceptors (Lipinski definition) is 4. The molecule has 0 radical (unpaired) electrons. The highest BCUT2D eigenvalue weighted by Crippen LogP contribution is 2.17. The number of likely N-dealkylation sites (N-methyl/N-ethyl adjacent to an activating group) is 1. The third kappa shape index (κ3) is 8.79. The lowest BCUT2D eigenvalue weighted by molar-refractivity contribution is -0.129. The molecule has 1 N–H and O–H groups in total. The Labute approximate surface area is 141 Å². The van der Waals surface area contributed by atoms with E-state index in [2.05, 4.69) is 5.32 Å². The SMILES string of the molecule is CCN(CC)C(=O)CNCCN(C(=O)OC(C)(C)C)C(C)(C)C. The fourth-order valence-electron chi connectivity index (χ4n) is 2.09. The number of amides is 2. The third-order valence-electron chi connectivity index (χ3n) is 3.33. The molecule has 0 saturated carbocycles. The zero-order valence-electron chi connectivity index (χ0n) is 16.2. The molecule has 6 heteroatoms. The van der Waals surface area contributed by atoms with E-state index in [0.29, 0.717) is 26.2 Å². The lowest BCUT2D eigenvalue weighted by atomic mass is 10.1. The third-order valence-corrected chi connectivity index (χ3v) is 3.33. The van der Waals surface area contributed by atoms with Crippen LogP contribution in [0.4, 0.5) is 4.79 Å². The fraction of sp³-hybridized carbons (Fsp3) is 0.882. The van der Waals surface area contributed by atoms with Gasteiger partial charge in [-0.3, -0.25) is 4.79 Å². The lowest BCUT2D eigenvalue weighted by Gasteiger charge is -2.37. The molecule has 0 atom stereocenters. The number of hydrogen-bond donors (Lipinski definition) is 1. The summed E-state index contributed by atoms with van der Waals surface area (Å²) in [7, 11) is 0. The molecule has 6 nitrogen and oxygen atoms in total. The van der Waals surface area contributed by atoms with Crippen molar-refractivity contribution in [2.45, 2.75) is 66.5 Å². The summed E-state index contributed by atoms with van der Waals surface area (Å²) >= 11 is 0. The van der Waals surface area contributed by atoms with Gasteiger partial charge in [-0.25, -0.2) is 4.79 Å².